The van der Waals surface area contributed by atoms with E-state index in [1.807, 2.05) is 45.0 Å². The van der Waals surface area contributed by atoms with Crippen LogP contribution in [0.3, 0.4) is 0 Å². The molecule has 184 valence electrons. The minimum atomic E-state index is -0.924. The van der Waals surface area contributed by atoms with E-state index in [1.54, 1.807) is 0 Å². The van der Waals surface area contributed by atoms with Crippen LogP contribution in [0.15, 0.2) is 46.8 Å². The minimum Gasteiger partial charge on any atom is -0.493 e. The Morgan fingerprint density at radius 3 is 2.53 bits per heavy atom. The highest BCUT2D eigenvalue weighted by Crippen LogP contribution is 2.47. The molecule has 1 N–H and O–H groups in total. The lowest BCUT2D eigenvalue weighted by Crippen LogP contribution is -2.43. The summed E-state index contributed by atoms with van der Waals surface area (Å²) in [5, 5.41) is 3.28. The van der Waals surface area contributed by atoms with E-state index < -0.39 is 23.8 Å². The SMILES string of the molecule is CCCCOc1ccccc1[C@@H]1C(C(=O)OCCC)=C(C)NC2=C1C(=O)[C@H](C(=O)OC)[C@H](C)C2. The fourth-order valence-electron chi connectivity index (χ4n) is 4.71. The largest absolute Gasteiger partial charge is 0.493 e. The number of unbranched alkanes of at least 4 members (excludes halogenated alkanes) is 1. The van der Waals surface area contributed by atoms with Gasteiger partial charge in [-0.05, 0) is 38.2 Å². The van der Waals surface area contributed by atoms with Crippen LogP contribution in [-0.4, -0.2) is 38.0 Å². The van der Waals surface area contributed by atoms with Gasteiger partial charge in [0.1, 0.15) is 11.7 Å². The van der Waals surface area contributed by atoms with Crippen molar-refractivity contribution in [2.45, 2.75) is 59.3 Å². The van der Waals surface area contributed by atoms with E-state index in [2.05, 4.69) is 12.2 Å². The summed E-state index contributed by atoms with van der Waals surface area (Å²) in [6.07, 6.45) is 3.04. The maximum atomic E-state index is 13.8. The predicted molar refractivity (Wildman–Crippen MR) is 128 cm³/mol. The summed E-state index contributed by atoms with van der Waals surface area (Å²) in [4.78, 5) is 39.6. The number of carbonyl (C=O) groups is 3. The number of allylic oxidation sites excluding steroid dienone is 3. The first-order valence-electron chi connectivity index (χ1n) is 12.1. The van der Waals surface area contributed by atoms with E-state index in [-0.39, 0.29) is 18.3 Å². The number of hydrogen-bond acceptors (Lipinski definition) is 7. The third-order valence-electron chi connectivity index (χ3n) is 6.39. The number of ketones is 1. The van der Waals surface area contributed by atoms with Crippen LogP contribution < -0.4 is 10.1 Å². The number of carbonyl (C=O) groups excluding carboxylic acids is 3. The molecule has 34 heavy (non-hydrogen) atoms. The summed E-state index contributed by atoms with van der Waals surface area (Å²) in [5.74, 6) is -2.61. The Labute approximate surface area is 201 Å². The minimum absolute atomic E-state index is 0.232. The van der Waals surface area contributed by atoms with Gasteiger partial charge in [-0.25, -0.2) is 4.79 Å². The fraction of sp³-hybridized carbons (Fsp3) is 0.519. The zero-order chi connectivity index (χ0) is 24.8. The topological polar surface area (TPSA) is 90.9 Å². The van der Waals surface area contributed by atoms with Crippen LogP contribution in [0, 0.1) is 11.8 Å². The average molecular weight is 470 g/mol. The van der Waals surface area contributed by atoms with Crippen molar-refractivity contribution in [1.29, 1.82) is 0 Å². The first-order valence-corrected chi connectivity index (χ1v) is 12.1. The molecule has 0 radical (unpaired) electrons. The molecule has 7 nitrogen and oxygen atoms in total. The average Bonchev–Trinajstić information content (AvgIpc) is 2.82. The van der Waals surface area contributed by atoms with Gasteiger partial charge in [-0.2, -0.15) is 0 Å². The summed E-state index contributed by atoms with van der Waals surface area (Å²) in [6, 6.07) is 7.46. The van der Waals surface area contributed by atoms with Gasteiger partial charge in [-0.15, -0.1) is 0 Å². The number of nitrogens with one attached hydrogen (secondary N) is 1. The Hall–Kier alpha value is -3.09. The number of rotatable bonds is 9. The lowest BCUT2D eigenvalue weighted by Gasteiger charge is -2.38. The first kappa shape index (κ1) is 25.5. The summed E-state index contributed by atoms with van der Waals surface area (Å²) < 4.78 is 16.6. The third-order valence-corrected chi connectivity index (χ3v) is 6.39. The van der Waals surface area contributed by atoms with Crippen molar-refractivity contribution in [3.63, 3.8) is 0 Å². The van der Waals surface area contributed by atoms with Crippen LogP contribution >= 0.6 is 0 Å². The molecule has 0 bridgehead atoms. The Kier molecular flexibility index (Phi) is 8.53. The second-order valence-corrected chi connectivity index (χ2v) is 8.91. The molecule has 1 heterocycles. The van der Waals surface area contributed by atoms with Crippen molar-refractivity contribution in [2.75, 3.05) is 20.3 Å². The molecule has 2 aliphatic rings. The number of para-hydroxylation sites is 1. The Bertz CT molecular complexity index is 1010. The molecule has 0 amide bonds. The van der Waals surface area contributed by atoms with Gasteiger partial charge in [-0.3, -0.25) is 9.59 Å². The van der Waals surface area contributed by atoms with Gasteiger partial charge in [0.2, 0.25) is 0 Å². The molecular formula is C27H35NO6. The predicted octanol–water partition coefficient (Wildman–Crippen LogP) is 4.43. The molecule has 3 rings (SSSR count). The lowest BCUT2D eigenvalue weighted by atomic mass is 9.69. The maximum absolute atomic E-state index is 13.8. The number of methoxy groups -OCH3 is 1. The second-order valence-electron chi connectivity index (χ2n) is 8.91. The van der Waals surface area contributed by atoms with Crippen LogP contribution in [0.5, 0.6) is 5.75 Å². The molecule has 1 aromatic rings. The molecule has 3 atom stereocenters. The van der Waals surface area contributed by atoms with E-state index in [1.165, 1.54) is 7.11 Å². The molecule has 0 fully saturated rings. The van der Waals surface area contributed by atoms with E-state index in [0.717, 1.165) is 18.5 Å². The number of Topliss-reactive ketones (excluding diaryl/α,β-unsaturated/α-hetero) is 1. The van der Waals surface area contributed by atoms with Crippen molar-refractivity contribution < 1.29 is 28.6 Å². The van der Waals surface area contributed by atoms with E-state index in [4.69, 9.17) is 14.2 Å². The Morgan fingerprint density at radius 1 is 1.12 bits per heavy atom. The molecule has 1 aliphatic carbocycles. The number of hydrogen-bond donors (Lipinski definition) is 1. The van der Waals surface area contributed by atoms with Crippen LogP contribution in [0.1, 0.15) is 64.9 Å². The third kappa shape index (κ3) is 5.03. The van der Waals surface area contributed by atoms with Gasteiger partial charge in [0.15, 0.2) is 5.78 Å². The molecule has 0 unspecified atom stereocenters. The lowest BCUT2D eigenvalue weighted by molar-refractivity contribution is -0.151. The van der Waals surface area contributed by atoms with Crippen molar-refractivity contribution >= 4 is 17.7 Å². The number of dihydropyridines is 1. The van der Waals surface area contributed by atoms with Gasteiger partial charge in [0.25, 0.3) is 0 Å². The van der Waals surface area contributed by atoms with Crippen molar-refractivity contribution in [2.24, 2.45) is 11.8 Å². The van der Waals surface area contributed by atoms with Gasteiger partial charge >= 0.3 is 11.9 Å². The van der Waals surface area contributed by atoms with Crippen LogP contribution in [0.2, 0.25) is 0 Å². The molecule has 0 saturated carbocycles. The molecule has 0 spiro atoms. The zero-order valence-corrected chi connectivity index (χ0v) is 20.7. The molecule has 7 heteroatoms. The number of ether oxygens (including phenoxy) is 3. The second kappa shape index (κ2) is 11.4. The summed E-state index contributed by atoms with van der Waals surface area (Å²) in [7, 11) is 1.29. The van der Waals surface area contributed by atoms with E-state index in [9.17, 15) is 14.4 Å². The van der Waals surface area contributed by atoms with Gasteiger partial charge in [0.05, 0.1) is 31.8 Å². The van der Waals surface area contributed by atoms with Gasteiger partial charge in [0, 0.05) is 22.5 Å². The molecule has 0 saturated heterocycles. The van der Waals surface area contributed by atoms with Crippen molar-refractivity contribution in [3.8, 4) is 5.75 Å². The van der Waals surface area contributed by atoms with E-state index in [0.29, 0.717) is 47.6 Å². The zero-order valence-electron chi connectivity index (χ0n) is 20.7. The smallest absolute Gasteiger partial charge is 0.336 e. The highest BCUT2D eigenvalue weighted by atomic mass is 16.5. The van der Waals surface area contributed by atoms with Gasteiger partial charge < -0.3 is 19.5 Å². The Balaban J connectivity index is 2.17. The van der Waals surface area contributed by atoms with Crippen molar-refractivity contribution in [1.82, 2.24) is 5.32 Å². The molecular weight excluding hydrogens is 434 g/mol. The Morgan fingerprint density at radius 2 is 1.85 bits per heavy atom. The number of esters is 2. The normalized spacial score (nSPS) is 22.1. The summed E-state index contributed by atoms with van der Waals surface area (Å²) in [6.45, 7) is 8.50. The molecule has 1 aromatic carbocycles. The molecule has 1 aliphatic heterocycles. The highest BCUT2D eigenvalue weighted by molar-refractivity contribution is 6.12. The monoisotopic (exact) mass is 469 g/mol. The van der Waals surface area contributed by atoms with Crippen LogP contribution in [0.25, 0.3) is 0 Å². The van der Waals surface area contributed by atoms with Crippen LogP contribution in [-0.2, 0) is 23.9 Å². The number of benzene rings is 1. The summed E-state index contributed by atoms with van der Waals surface area (Å²) in [5.41, 5.74) is 2.86. The quantitative estimate of drug-likeness (QED) is 0.325. The first-order chi connectivity index (χ1) is 16.3. The maximum Gasteiger partial charge on any atom is 0.336 e. The van der Waals surface area contributed by atoms with Crippen LogP contribution in [0.4, 0.5) is 0 Å². The van der Waals surface area contributed by atoms with E-state index >= 15 is 0 Å². The molecule has 0 aromatic heterocycles. The standard InChI is InChI=1S/C27H35NO6/c1-6-8-14-33-20-12-10-9-11-18(20)23-22(27(31)34-13-7-2)17(4)28-19-15-16(3)21(26(30)32-5)25(29)24(19)23/h9-12,16,21,23,28H,6-8,13-15H2,1-5H3/t16-,21-,23-/m1/s1. The highest BCUT2D eigenvalue weighted by Gasteiger charge is 2.47. The fourth-order valence-corrected chi connectivity index (χ4v) is 4.71. The summed E-state index contributed by atoms with van der Waals surface area (Å²) >= 11 is 0. The van der Waals surface area contributed by atoms with Crippen molar-refractivity contribution in [3.05, 3.63) is 52.4 Å². The van der Waals surface area contributed by atoms with Gasteiger partial charge in [-0.1, -0.05) is 45.4 Å².